The first-order chi connectivity index (χ1) is 18.7. The first kappa shape index (κ1) is 29.7. The van der Waals surface area contributed by atoms with Crippen molar-refractivity contribution in [3.63, 3.8) is 0 Å². The number of amides is 2. The normalized spacial score (nSPS) is 32.8. The van der Waals surface area contributed by atoms with Gasteiger partial charge in [0.15, 0.2) is 0 Å². The third kappa shape index (κ3) is 5.05. The highest BCUT2D eigenvalue weighted by Crippen LogP contribution is 2.65. The molecule has 218 valence electrons. The molecule has 4 fully saturated rings. The van der Waals surface area contributed by atoms with Crippen LogP contribution in [0.5, 0.6) is 0 Å². The Morgan fingerprint density at radius 1 is 1.23 bits per heavy atom. The molecule has 4 saturated heterocycles. The molecule has 4 heterocycles. The Morgan fingerprint density at radius 2 is 1.95 bits per heavy atom. The van der Waals surface area contributed by atoms with Crippen LogP contribution in [-0.4, -0.2) is 120 Å². The topological polar surface area (TPSA) is 109 Å². The zero-order valence-corrected chi connectivity index (χ0v) is 23.7. The predicted octanol–water partition coefficient (Wildman–Crippen LogP) is 1.23. The second-order valence-corrected chi connectivity index (χ2v) is 11.5. The first-order valence-corrected chi connectivity index (χ1v) is 14.3. The van der Waals surface area contributed by atoms with E-state index in [0.717, 1.165) is 13.1 Å². The van der Waals surface area contributed by atoms with Crippen molar-refractivity contribution >= 4 is 17.8 Å². The van der Waals surface area contributed by atoms with Gasteiger partial charge in [0.1, 0.15) is 24.2 Å². The van der Waals surface area contributed by atoms with E-state index in [1.165, 1.54) is 6.08 Å². The molecular weight excluding hydrogens is 502 g/mol. The maximum Gasteiger partial charge on any atom is 0.313 e. The largest absolute Gasteiger partial charge is 0.461 e. The Morgan fingerprint density at radius 3 is 2.54 bits per heavy atom. The van der Waals surface area contributed by atoms with Crippen molar-refractivity contribution in [3.05, 3.63) is 25.3 Å². The number of carbonyl (C=O) groups excluding carboxylic acids is 3. The van der Waals surface area contributed by atoms with E-state index in [-0.39, 0.29) is 30.9 Å². The Balaban J connectivity index is 1.73. The number of hydrogen-bond donors (Lipinski definition) is 1. The van der Waals surface area contributed by atoms with Gasteiger partial charge in [0.2, 0.25) is 11.8 Å². The first-order valence-electron chi connectivity index (χ1n) is 14.3. The van der Waals surface area contributed by atoms with Crippen LogP contribution in [0, 0.1) is 17.8 Å². The lowest BCUT2D eigenvalue weighted by Gasteiger charge is -2.41. The molecule has 2 unspecified atom stereocenters. The monoisotopic (exact) mass is 547 g/mol. The standard InChI is InChI=1S/C29H45N3O7/c1-6-11-31(13-12-30-14-17-37-18-15-30)26(35)24-29-10-9-28(8-3,39-29)23(27(36)38-16-7-2)22(29)25(34)32(24)21(19-33)20(4)5/h6-7,20-24,33H,1-2,8-19H2,3-5H3/t21-,22-,23-,24?,28+,29?/m0/s1. The van der Waals surface area contributed by atoms with Crippen LogP contribution < -0.4 is 0 Å². The Hall–Kier alpha value is -2.27. The van der Waals surface area contributed by atoms with E-state index in [1.54, 1.807) is 15.9 Å². The average molecular weight is 548 g/mol. The Labute approximate surface area is 231 Å². The fourth-order valence-electron chi connectivity index (χ4n) is 7.21. The number of esters is 1. The highest BCUT2D eigenvalue weighted by atomic mass is 16.6. The number of nitrogens with zero attached hydrogens (tertiary/aromatic N) is 3. The van der Waals surface area contributed by atoms with Crippen molar-refractivity contribution in [2.45, 2.75) is 63.3 Å². The van der Waals surface area contributed by atoms with Gasteiger partial charge in [0.25, 0.3) is 0 Å². The minimum absolute atomic E-state index is 0.0367. The summed E-state index contributed by atoms with van der Waals surface area (Å²) in [5.74, 6) is -2.83. The molecule has 6 atom stereocenters. The smallest absolute Gasteiger partial charge is 0.313 e. The van der Waals surface area contributed by atoms with Crippen LogP contribution >= 0.6 is 0 Å². The molecule has 2 bridgehead atoms. The van der Waals surface area contributed by atoms with Crippen LogP contribution in [0.2, 0.25) is 0 Å². The second kappa shape index (κ2) is 12.1. The molecule has 0 aliphatic carbocycles. The highest BCUT2D eigenvalue weighted by Gasteiger charge is 2.79. The van der Waals surface area contributed by atoms with Crippen molar-refractivity contribution < 1.29 is 33.7 Å². The zero-order valence-electron chi connectivity index (χ0n) is 23.7. The van der Waals surface area contributed by atoms with Gasteiger partial charge < -0.3 is 29.1 Å². The lowest BCUT2D eigenvalue weighted by Crippen LogP contribution is -2.60. The quantitative estimate of drug-likeness (QED) is 0.271. The minimum Gasteiger partial charge on any atom is -0.461 e. The molecule has 0 aromatic heterocycles. The third-order valence-corrected chi connectivity index (χ3v) is 9.21. The summed E-state index contributed by atoms with van der Waals surface area (Å²) < 4.78 is 17.7. The zero-order chi connectivity index (χ0) is 28.4. The van der Waals surface area contributed by atoms with Crippen LogP contribution in [0.3, 0.4) is 0 Å². The maximum atomic E-state index is 14.5. The van der Waals surface area contributed by atoms with Gasteiger partial charge in [-0.05, 0) is 25.2 Å². The molecule has 1 spiro atoms. The Kier molecular flexibility index (Phi) is 9.20. The molecule has 0 aromatic rings. The second-order valence-electron chi connectivity index (χ2n) is 11.5. The summed E-state index contributed by atoms with van der Waals surface area (Å²) in [6.45, 7) is 17.4. The van der Waals surface area contributed by atoms with Gasteiger partial charge in [-0.3, -0.25) is 19.3 Å². The van der Waals surface area contributed by atoms with Gasteiger partial charge >= 0.3 is 5.97 Å². The van der Waals surface area contributed by atoms with E-state index in [2.05, 4.69) is 18.1 Å². The predicted molar refractivity (Wildman–Crippen MR) is 145 cm³/mol. The van der Waals surface area contributed by atoms with Gasteiger partial charge in [-0.15, -0.1) is 6.58 Å². The summed E-state index contributed by atoms with van der Waals surface area (Å²) in [6, 6.07) is -1.55. The Bertz CT molecular complexity index is 951. The lowest BCUT2D eigenvalue weighted by molar-refractivity contribution is -0.163. The molecule has 0 aromatic carbocycles. The number of aliphatic hydroxyl groups is 1. The number of hydrogen-bond acceptors (Lipinski definition) is 8. The summed E-state index contributed by atoms with van der Waals surface area (Å²) in [7, 11) is 0. The number of morpholine rings is 1. The van der Waals surface area contributed by atoms with Gasteiger partial charge in [0.05, 0.1) is 37.4 Å². The van der Waals surface area contributed by atoms with Gasteiger partial charge in [0, 0.05) is 32.7 Å². The van der Waals surface area contributed by atoms with E-state index in [0.29, 0.717) is 52.1 Å². The lowest BCUT2D eigenvalue weighted by atomic mass is 9.65. The molecule has 4 aliphatic rings. The molecule has 0 saturated carbocycles. The molecule has 2 amide bonds. The molecule has 0 radical (unpaired) electrons. The molecule has 39 heavy (non-hydrogen) atoms. The van der Waals surface area contributed by atoms with Gasteiger partial charge in [-0.2, -0.15) is 0 Å². The fourth-order valence-corrected chi connectivity index (χ4v) is 7.21. The number of rotatable bonds is 13. The number of aliphatic hydroxyl groups excluding tert-OH is 1. The van der Waals surface area contributed by atoms with Crippen molar-refractivity contribution in [1.82, 2.24) is 14.7 Å². The van der Waals surface area contributed by atoms with E-state index >= 15 is 0 Å². The molecule has 1 N–H and O–H groups in total. The van der Waals surface area contributed by atoms with Crippen LogP contribution in [0.25, 0.3) is 0 Å². The van der Waals surface area contributed by atoms with Crippen molar-refractivity contribution in [2.75, 3.05) is 59.2 Å². The van der Waals surface area contributed by atoms with Crippen LogP contribution in [0.1, 0.15) is 40.0 Å². The summed E-state index contributed by atoms with van der Waals surface area (Å²) in [5.41, 5.74) is -2.03. The van der Waals surface area contributed by atoms with E-state index in [4.69, 9.17) is 14.2 Å². The van der Waals surface area contributed by atoms with Crippen molar-refractivity contribution in [1.29, 1.82) is 0 Å². The van der Waals surface area contributed by atoms with Gasteiger partial charge in [-0.25, -0.2) is 0 Å². The minimum atomic E-state index is -1.16. The number of carbonyl (C=O) groups is 3. The van der Waals surface area contributed by atoms with Crippen molar-refractivity contribution in [2.24, 2.45) is 17.8 Å². The number of fused-ring (bicyclic) bond motifs is 1. The molecule has 4 rings (SSSR count). The summed E-state index contributed by atoms with van der Waals surface area (Å²) in [5, 5.41) is 10.4. The summed E-state index contributed by atoms with van der Waals surface area (Å²) in [6.07, 6.45) is 4.75. The molecule has 10 heteroatoms. The summed E-state index contributed by atoms with van der Waals surface area (Å²) >= 11 is 0. The number of ether oxygens (including phenoxy) is 3. The third-order valence-electron chi connectivity index (χ3n) is 9.21. The molecular formula is C29H45N3O7. The van der Waals surface area contributed by atoms with Crippen LogP contribution in [-0.2, 0) is 28.6 Å². The van der Waals surface area contributed by atoms with E-state index in [1.807, 2.05) is 20.8 Å². The van der Waals surface area contributed by atoms with Crippen LogP contribution in [0.15, 0.2) is 25.3 Å². The highest BCUT2D eigenvalue weighted by molar-refractivity contribution is 5.98. The average Bonchev–Trinajstić information content (AvgIpc) is 3.54. The molecule has 10 nitrogen and oxygen atoms in total. The van der Waals surface area contributed by atoms with Gasteiger partial charge in [-0.1, -0.05) is 39.5 Å². The summed E-state index contributed by atoms with van der Waals surface area (Å²) in [4.78, 5) is 47.8. The SMILES string of the molecule is C=CCOC(=O)[C@@H]1[C@H]2C(=O)N([C@@H](CO)C(C)C)C(C(=O)N(CC=C)CCN3CCOCC3)C23CC[C@@]1(CC)O3. The molecule has 4 aliphatic heterocycles. The number of likely N-dealkylation sites (tertiary alicyclic amines) is 1. The van der Waals surface area contributed by atoms with E-state index < -0.39 is 41.1 Å². The van der Waals surface area contributed by atoms with Crippen molar-refractivity contribution in [3.8, 4) is 0 Å². The fraction of sp³-hybridized carbons (Fsp3) is 0.759. The van der Waals surface area contributed by atoms with E-state index in [9.17, 15) is 19.5 Å². The maximum absolute atomic E-state index is 14.5. The van der Waals surface area contributed by atoms with Crippen LogP contribution in [0.4, 0.5) is 0 Å².